The Morgan fingerprint density at radius 3 is 2.12 bits per heavy atom. The average molecular weight is 424 g/mol. The standard InChI is InChI=1S/C32H25N/c1-4-10-26(11-5-2)32(27-12-7-6-8-13-27)33-22(3)28-20-18-25-17-16-23-14-9-15-24-19-21-29(28)31(25)30(23)24/h4-21H,1,3H2,2H3/b11-5-,26-10+,33-32?. The van der Waals surface area contributed by atoms with E-state index in [9.17, 15) is 0 Å². The van der Waals surface area contributed by atoms with Gasteiger partial charge in [-0.2, -0.15) is 0 Å². The molecule has 5 aromatic carbocycles. The van der Waals surface area contributed by atoms with Crippen molar-refractivity contribution in [3.63, 3.8) is 0 Å². The van der Waals surface area contributed by atoms with E-state index in [0.29, 0.717) is 0 Å². The number of hydrogen-bond acceptors (Lipinski definition) is 1. The summed E-state index contributed by atoms with van der Waals surface area (Å²) in [7, 11) is 0. The SMILES string of the molecule is C=C/C=C(\C=C/C)C(=NC(=C)c1ccc2ccc3cccc4ccc1c2c34)c1ccccc1. The first-order valence-corrected chi connectivity index (χ1v) is 11.2. The van der Waals surface area contributed by atoms with Crippen LogP contribution in [0, 0.1) is 0 Å². The third-order valence-electron chi connectivity index (χ3n) is 6.05. The average Bonchev–Trinajstić information content (AvgIpc) is 2.86. The Morgan fingerprint density at radius 2 is 1.42 bits per heavy atom. The van der Waals surface area contributed by atoms with Gasteiger partial charge < -0.3 is 0 Å². The zero-order valence-corrected chi connectivity index (χ0v) is 18.8. The van der Waals surface area contributed by atoms with Crippen LogP contribution in [0.5, 0.6) is 0 Å². The van der Waals surface area contributed by atoms with Crippen LogP contribution in [0.1, 0.15) is 18.1 Å². The van der Waals surface area contributed by atoms with Gasteiger partial charge in [-0.25, -0.2) is 4.99 Å². The summed E-state index contributed by atoms with van der Waals surface area (Å²) in [5, 5.41) is 7.50. The van der Waals surface area contributed by atoms with E-state index in [1.54, 1.807) is 6.08 Å². The first kappa shape index (κ1) is 20.7. The molecule has 0 amide bonds. The van der Waals surface area contributed by atoms with E-state index >= 15 is 0 Å². The Kier molecular flexibility index (Phi) is 5.46. The van der Waals surface area contributed by atoms with Crippen molar-refractivity contribution < 1.29 is 0 Å². The van der Waals surface area contributed by atoms with Gasteiger partial charge in [-0.3, -0.25) is 0 Å². The Bertz CT molecular complexity index is 1560. The van der Waals surface area contributed by atoms with Gasteiger partial charge in [-0.05, 0) is 39.2 Å². The van der Waals surface area contributed by atoms with Gasteiger partial charge in [0.2, 0.25) is 0 Å². The van der Waals surface area contributed by atoms with E-state index in [0.717, 1.165) is 28.1 Å². The van der Waals surface area contributed by atoms with E-state index in [4.69, 9.17) is 4.99 Å². The molecule has 33 heavy (non-hydrogen) atoms. The number of allylic oxidation sites excluding steroid dienone is 5. The highest BCUT2D eigenvalue weighted by molar-refractivity contribution is 6.25. The summed E-state index contributed by atoms with van der Waals surface area (Å²) in [5.74, 6) is 0. The number of nitrogens with zero attached hydrogens (tertiary/aromatic N) is 1. The molecular weight excluding hydrogens is 398 g/mol. The summed E-state index contributed by atoms with van der Waals surface area (Å²) >= 11 is 0. The van der Waals surface area contributed by atoms with Crippen LogP contribution in [0.25, 0.3) is 38.0 Å². The van der Waals surface area contributed by atoms with Gasteiger partial charge in [0, 0.05) is 16.7 Å². The Morgan fingerprint density at radius 1 is 0.758 bits per heavy atom. The molecule has 0 aliphatic carbocycles. The van der Waals surface area contributed by atoms with Crippen molar-refractivity contribution in [2.45, 2.75) is 6.92 Å². The number of hydrogen-bond donors (Lipinski definition) is 0. The molecular formula is C32H25N. The van der Waals surface area contributed by atoms with Crippen molar-refractivity contribution in [3.8, 4) is 0 Å². The second-order valence-corrected chi connectivity index (χ2v) is 8.10. The topological polar surface area (TPSA) is 12.4 Å². The fraction of sp³-hybridized carbons (Fsp3) is 0.0312. The molecule has 0 aliphatic heterocycles. The third-order valence-corrected chi connectivity index (χ3v) is 6.05. The van der Waals surface area contributed by atoms with E-state index in [1.165, 1.54) is 32.3 Å². The van der Waals surface area contributed by atoms with Crippen molar-refractivity contribution in [1.82, 2.24) is 0 Å². The van der Waals surface area contributed by atoms with Gasteiger partial charge in [0.05, 0.1) is 11.4 Å². The Balaban J connectivity index is 1.74. The maximum absolute atomic E-state index is 5.09. The lowest BCUT2D eigenvalue weighted by molar-refractivity contribution is 1.50. The van der Waals surface area contributed by atoms with E-state index in [2.05, 4.69) is 86.0 Å². The molecule has 0 atom stereocenters. The molecule has 0 fully saturated rings. The maximum atomic E-state index is 5.09. The van der Waals surface area contributed by atoms with Gasteiger partial charge in [0.25, 0.3) is 0 Å². The molecule has 0 aliphatic rings. The van der Waals surface area contributed by atoms with Gasteiger partial charge in [-0.1, -0.05) is 122 Å². The van der Waals surface area contributed by atoms with Gasteiger partial charge in [0.15, 0.2) is 0 Å². The van der Waals surface area contributed by atoms with Crippen molar-refractivity contribution in [2.24, 2.45) is 4.99 Å². The highest BCUT2D eigenvalue weighted by Gasteiger charge is 2.14. The van der Waals surface area contributed by atoms with Crippen molar-refractivity contribution in [2.75, 3.05) is 0 Å². The molecule has 0 unspecified atom stereocenters. The van der Waals surface area contributed by atoms with Crippen LogP contribution < -0.4 is 0 Å². The molecule has 0 saturated heterocycles. The van der Waals surface area contributed by atoms with Gasteiger partial charge in [0.1, 0.15) is 0 Å². The summed E-state index contributed by atoms with van der Waals surface area (Å²) < 4.78 is 0. The summed E-state index contributed by atoms with van der Waals surface area (Å²) in [5.41, 5.74) is 4.71. The minimum atomic E-state index is 0.742. The smallest absolute Gasteiger partial charge is 0.0781 e. The monoisotopic (exact) mass is 423 g/mol. The van der Waals surface area contributed by atoms with Crippen LogP contribution in [-0.4, -0.2) is 5.71 Å². The van der Waals surface area contributed by atoms with Crippen LogP contribution in [0.2, 0.25) is 0 Å². The summed E-state index contributed by atoms with van der Waals surface area (Å²) in [6.45, 7) is 10.3. The zero-order chi connectivity index (χ0) is 22.8. The van der Waals surface area contributed by atoms with Crippen LogP contribution in [0.4, 0.5) is 0 Å². The fourth-order valence-corrected chi connectivity index (χ4v) is 4.59. The summed E-state index contributed by atoms with van der Waals surface area (Å²) in [4.78, 5) is 5.09. The van der Waals surface area contributed by atoms with Crippen molar-refractivity contribution in [3.05, 3.63) is 139 Å². The van der Waals surface area contributed by atoms with Gasteiger partial charge in [-0.15, -0.1) is 0 Å². The minimum Gasteiger partial charge on any atom is -0.248 e. The Labute approximate surface area is 194 Å². The summed E-state index contributed by atoms with van der Waals surface area (Å²) in [6, 6.07) is 29.8. The highest BCUT2D eigenvalue weighted by Crippen LogP contribution is 2.37. The molecule has 5 aromatic rings. The number of benzene rings is 5. The predicted octanol–water partition coefficient (Wildman–Crippen LogP) is 8.73. The quantitative estimate of drug-likeness (QED) is 0.147. The lowest BCUT2D eigenvalue weighted by atomic mass is 9.91. The molecule has 5 rings (SSSR count). The molecule has 0 N–H and O–H groups in total. The number of rotatable bonds is 6. The minimum absolute atomic E-state index is 0.742. The zero-order valence-electron chi connectivity index (χ0n) is 18.8. The lowest BCUT2D eigenvalue weighted by Gasteiger charge is -2.15. The van der Waals surface area contributed by atoms with Crippen molar-refractivity contribution in [1.29, 1.82) is 0 Å². The molecule has 0 radical (unpaired) electrons. The molecule has 1 heteroatoms. The highest BCUT2D eigenvalue weighted by atomic mass is 14.8. The van der Waals surface area contributed by atoms with Crippen LogP contribution >= 0.6 is 0 Å². The molecule has 0 bridgehead atoms. The first-order valence-electron chi connectivity index (χ1n) is 11.2. The second kappa shape index (κ2) is 8.72. The molecule has 0 saturated carbocycles. The molecule has 1 nitrogen and oxygen atoms in total. The van der Waals surface area contributed by atoms with Crippen LogP contribution in [-0.2, 0) is 0 Å². The third kappa shape index (κ3) is 3.68. The maximum Gasteiger partial charge on any atom is 0.0781 e. The van der Waals surface area contributed by atoms with Crippen molar-refractivity contribution >= 4 is 43.7 Å². The fourth-order valence-electron chi connectivity index (χ4n) is 4.59. The van der Waals surface area contributed by atoms with Crippen LogP contribution in [0.15, 0.2) is 133 Å². The largest absolute Gasteiger partial charge is 0.248 e. The summed E-state index contributed by atoms with van der Waals surface area (Å²) in [6.07, 6.45) is 7.87. The van der Waals surface area contributed by atoms with Crippen LogP contribution in [0.3, 0.4) is 0 Å². The Hall–Kier alpha value is -4.23. The second-order valence-electron chi connectivity index (χ2n) is 8.10. The van der Waals surface area contributed by atoms with E-state index in [-0.39, 0.29) is 0 Å². The van der Waals surface area contributed by atoms with E-state index < -0.39 is 0 Å². The molecule has 0 heterocycles. The molecule has 0 aromatic heterocycles. The molecule has 0 spiro atoms. The number of aliphatic imine (C=N–C) groups is 1. The lowest BCUT2D eigenvalue weighted by Crippen LogP contribution is -2.04. The molecule has 158 valence electrons. The predicted molar refractivity (Wildman–Crippen MR) is 145 cm³/mol. The van der Waals surface area contributed by atoms with Gasteiger partial charge >= 0.3 is 0 Å². The van der Waals surface area contributed by atoms with E-state index in [1.807, 2.05) is 37.3 Å². The normalized spacial score (nSPS) is 12.9. The first-order chi connectivity index (χ1) is 16.2.